The van der Waals surface area contributed by atoms with Crippen molar-refractivity contribution in [3.05, 3.63) is 18.0 Å². The van der Waals surface area contributed by atoms with Gasteiger partial charge in [0.15, 0.2) is 0 Å². The van der Waals surface area contributed by atoms with Gasteiger partial charge in [0, 0.05) is 19.8 Å². The first-order valence-electron chi connectivity index (χ1n) is 5.99. The number of nitrogens with one attached hydrogen (secondary N) is 1. The molecule has 1 aromatic rings. The normalized spacial score (nSPS) is 16.8. The maximum Gasteiger partial charge on any atom is 0.323 e. The van der Waals surface area contributed by atoms with Gasteiger partial charge in [-0.05, 0) is 30.7 Å². The fourth-order valence-electron chi connectivity index (χ4n) is 1.97. The number of aromatic nitrogens is 2. The van der Waals surface area contributed by atoms with Crippen molar-refractivity contribution in [3.63, 3.8) is 0 Å². The van der Waals surface area contributed by atoms with E-state index in [1.54, 1.807) is 4.68 Å². The molecule has 17 heavy (non-hydrogen) atoms. The number of carbonyl (C=O) groups excluding carboxylic acids is 1. The molecule has 5 heteroatoms. The molecule has 1 saturated carbocycles. The molecule has 94 valence electrons. The predicted octanol–water partition coefficient (Wildman–Crippen LogP) is 0.504. The standard InChI is InChI=1S/C12H19N3O2/c1-15-8-9(7-14-15)5-6-13-11(10-3-4-10)12(16)17-2/h7-8,10-11,13H,3-6H2,1-2H3. The highest BCUT2D eigenvalue weighted by Gasteiger charge is 2.36. The summed E-state index contributed by atoms with van der Waals surface area (Å²) >= 11 is 0. The van der Waals surface area contributed by atoms with Gasteiger partial charge in [0.2, 0.25) is 0 Å². The van der Waals surface area contributed by atoms with Gasteiger partial charge < -0.3 is 10.1 Å². The Labute approximate surface area is 101 Å². The lowest BCUT2D eigenvalue weighted by atomic mass is 10.1. The van der Waals surface area contributed by atoms with Crippen molar-refractivity contribution in [3.8, 4) is 0 Å². The van der Waals surface area contributed by atoms with E-state index < -0.39 is 0 Å². The Bertz CT molecular complexity index is 385. The lowest BCUT2D eigenvalue weighted by Crippen LogP contribution is -2.40. The van der Waals surface area contributed by atoms with Crippen LogP contribution >= 0.6 is 0 Å². The van der Waals surface area contributed by atoms with Crippen molar-refractivity contribution in [2.24, 2.45) is 13.0 Å². The fourth-order valence-corrected chi connectivity index (χ4v) is 1.97. The van der Waals surface area contributed by atoms with Gasteiger partial charge in [0.1, 0.15) is 6.04 Å². The molecular formula is C12H19N3O2. The Morgan fingerprint density at radius 1 is 1.71 bits per heavy atom. The van der Waals surface area contributed by atoms with Crippen molar-refractivity contribution in [2.45, 2.75) is 25.3 Å². The second-order valence-electron chi connectivity index (χ2n) is 4.56. The fraction of sp³-hybridized carbons (Fsp3) is 0.667. The molecule has 1 aromatic heterocycles. The molecule has 5 nitrogen and oxygen atoms in total. The summed E-state index contributed by atoms with van der Waals surface area (Å²) in [6, 6.07) is -0.128. The van der Waals surface area contributed by atoms with E-state index in [9.17, 15) is 4.79 Å². The number of methoxy groups -OCH3 is 1. The Hall–Kier alpha value is -1.36. The Balaban J connectivity index is 1.77. The average molecular weight is 237 g/mol. The van der Waals surface area contributed by atoms with Crippen LogP contribution in [0.1, 0.15) is 18.4 Å². The molecule has 1 N–H and O–H groups in total. The molecule has 2 rings (SSSR count). The lowest BCUT2D eigenvalue weighted by molar-refractivity contribution is -0.143. The summed E-state index contributed by atoms with van der Waals surface area (Å²) in [5.74, 6) is 0.329. The van der Waals surface area contributed by atoms with E-state index in [1.165, 1.54) is 12.7 Å². The number of aryl methyl sites for hydroxylation is 1. The van der Waals surface area contributed by atoms with E-state index in [4.69, 9.17) is 4.74 Å². The minimum absolute atomic E-state index is 0.128. The number of ether oxygens (including phenoxy) is 1. The number of rotatable bonds is 6. The van der Waals surface area contributed by atoms with Crippen LogP contribution < -0.4 is 5.32 Å². The average Bonchev–Trinajstić information content (AvgIpc) is 3.07. The van der Waals surface area contributed by atoms with Crippen molar-refractivity contribution >= 4 is 5.97 Å². The van der Waals surface area contributed by atoms with Gasteiger partial charge in [0.25, 0.3) is 0 Å². The van der Waals surface area contributed by atoms with Crippen LogP contribution in [-0.4, -0.2) is 35.4 Å². The third-order valence-electron chi connectivity index (χ3n) is 3.08. The van der Waals surface area contributed by atoms with Gasteiger partial charge >= 0.3 is 5.97 Å². The molecule has 1 fully saturated rings. The highest BCUT2D eigenvalue weighted by atomic mass is 16.5. The summed E-state index contributed by atoms with van der Waals surface area (Å²) in [6.07, 6.45) is 6.98. The van der Waals surface area contributed by atoms with Crippen LogP contribution in [-0.2, 0) is 23.0 Å². The molecule has 0 saturated heterocycles. The summed E-state index contributed by atoms with van der Waals surface area (Å²) in [4.78, 5) is 11.5. The molecule has 0 bridgehead atoms. The first kappa shape index (κ1) is 12.1. The molecule has 1 unspecified atom stereocenters. The van der Waals surface area contributed by atoms with Gasteiger partial charge in [0.05, 0.1) is 13.3 Å². The smallest absolute Gasteiger partial charge is 0.323 e. The first-order valence-corrected chi connectivity index (χ1v) is 5.99. The summed E-state index contributed by atoms with van der Waals surface area (Å²) in [6.45, 7) is 0.780. The third kappa shape index (κ3) is 3.30. The zero-order valence-corrected chi connectivity index (χ0v) is 10.3. The number of hydrogen-bond acceptors (Lipinski definition) is 4. The Morgan fingerprint density at radius 2 is 2.47 bits per heavy atom. The molecule has 0 radical (unpaired) electrons. The van der Waals surface area contributed by atoms with Gasteiger partial charge in [-0.3, -0.25) is 9.48 Å². The van der Waals surface area contributed by atoms with Crippen molar-refractivity contribution < 1.29 is 9.53 Å². The van der Waals surface area contributed by atoms with Crippen LogP contribution in [0.4, 0.5) is 0 Å². The second-order valence-corrected chi connectivity index (χ2v) is 4.56. The van der Waals surface area contributed by atoms with Crippen LogP contribution in [0.2, 0.25) is 0 Å². The summed E-state index contributed by atoms with van der Waals surface area (Å²) < 4.78 is 6.59. The topological polar surface area (TPSA) is 56.1 Å². The molecule has 0 spiro atoms. The van der Waals surface area contributed by atoms with E-state index in [2.05, 4.69) is 10.4 Å². The van der Waals surface area contributed by atoms with Crippen LogP contribution in [0, 0.1) is 5.92 Å². The van der Waals surface area contributed by atoms with Crippen LogP contribution in [0.25, 0.3) is 0 Å². The molecule has 0 aromatic carbocycles. The quantitative estimate of drug-likeness (QED) is 0.732. The van der Waals surface area contributed by atoms with E-state index in [0.717, 1.165) is 25.8 Å². The maximum atomic E-state index is 11.5. The zero-order valence-electron chi connectivity index (χ0n) is 10.3. The Morgan fingerprint density at radius 3 is 3.00 bits per heavy atom. The van der Waals surface area contributed by atoms with Crippen molar-refractivity contribution in [1.29, 1.82) is 0 Å². The molecule has 0 amide bonds. The predicted molar refractivity (Wildman–Crippen MR) is 63.4 cm³/mol. The van der Waals surface area contributed by atoms with Crippen molar-refractivity contribution in [1.82, 2.24) is 15.1 Å². The van der Waals surface area contributed by atoms with Gasteiger partial charge in [-0.1, -0.05) is 0 Å². The molecule has 1 heterocycles. The van der Waals surface area contributed by atoms with E-state index >= 15 is 0 Å². The minimum Gasteiger partial charge on any atom is -0.468 e. The van der Waals surface area contributed by atoms with E-state index in [-0.39, 0.29) is 12.0 Å². The molecule has 1 aliphatic rings. The SMILES string of the molecule is COC(=O)C(NCCc1cnn(C)c1)C1CC1. The van der Waals surface area contributed by atoms with Crippen molar-refractivity contribution in [2.75, 3.05) is 13.7 Å². The monoisotopic (exact) mass is 237 g/mol. The third-order valence-corrected chi connectivity index (χ3v) is 3.08. The van der Waals surface area contributed by atoms with Crippen LogP contribution in [0.5, 0.6) is 0 Å². The van der Waals surface area contributed by atoms with Gasteiger partial charge in [-0.15, -0.1) is 0 Å². The number of hydrogen-bond donors (Lipinski definition) is 1. The first-order chi connectivity index (χ1) is 8.20. The Kier molecular flexibility index (Phi) is 3.78. The summed E-state index contributed by atoms with van der Waals surface area (Å²) in [5.41, 5.74) is 1.18. The minimum atomic E-state index is -0.140. The highest BCUT2D eigenvalue weighted by molar-refractivity contribution is 5.76. The maximum absolute atomic E-state index is 11.5. The number of esters is 1. The largest absolute Gasteiger partial charge is 0.468 e. The number of nitrogens with zero attached hydrogens (tertiary/aromatic N) is 2. The summed E-state index contributed by atoms with van der Waals surface area (Å²) in [7, 11) is 3.35. The second kappa shape index (κ2) is 5.31. The van der Waals surface area contributed by atoms with Gasteiger partial charge in [-0.2, -0.15) is 5.10 Å². The van der Waals surface area contributed by atoms with E-state index in [0.29, 0.717) is 5.92 Å². The highest BCUT2D eigenvalue weighted by Crippen LogP contribution is 2.33. The lowest BCUT2D eigenvalue weighted by Gasteiger charge is -2.15. The zero-order chi connectivity index (χ0) is 12.3. The molecule has 0 aliphatic heterocycles. The summed E-state index contributed by atoms with van der Waals surface area (Å²) in [5, 5.41) is 7.39. The number of carbonyl (C=O) groups is 1. The van der Waals surface area contributed by atoms with Crippen LogP contribution in [0.3, 0.4) is 0 Å². The molecule has 1 aliphatic carbocycles. The molecular weight excluding hydrogens is 218 g/mol. The van der Waals surface area contributed by atoms with Crippen LogP contribution in [0.15, 0.2) is 12.4 Å². The molecule has 1 atom stereocenters. The van der Waals surface area contributed by atoms with Gasteiger partial charge in [-0.25, -0.2) is 0 Å². The van der Waals surface area contributed by atoms with E-state index in [1.807, 2.05) is 19.4 Å².